The van der Waals surface area contributed by atoms with Crippen molar-refractivity contribution >= 4 is 17.2 Å². The lowest BCUT2D eigenvalue weighted by atomic mass is 9.85. The van der Waals surface area contributed by atoms with E-state index in [1.54, 1.807) is 24.0 Å². The van der Waals surface area contributed by atoms with Gasteiger partial charge in [0.1, 0.15) is 12.7 Å². The zero-order valence-corrected chi connectivity index (χ0v) is 15.7. The highest BCUT2D eigenvalue weighted by Crippen LogP contribution is 2.35. The minimum atomic E-state index is 0.230. The molecule has 1 aliphatic heterocycles. The van der Waals surface area contributed by atoms with Crippen molar-refractivity contribution in [1.82, 2.24) is 19.7 Å². The van der Waals surface area contributed by atoms with Gasteiger partial charge in [0.2, 0.25) is 0 Å². The average Bonchev–Trinajstić information content (AvgIpc) is 3.31. The summed E-state index contributed by atoms with van der Waals surface area (Å²) in [5.74, 6) is 1.04. The van der Waals surface area contributed by atoms with Crippen molar-refractivity contribution in [2.75, 3.05) is 13.1 Å². The number of rotatable bonds is 4. The minimum Gasteiger partial charge on any atom is -0.338 e. The molecule has 0 spiro atoms. The summed E-state index contributed by atoms with van der Waals surface area (Å²) in [4.78, 5) is 17.4. The van der Waals surface area contributed by atoms with Crippen LogP contribution in [-0.2, 0) is 12.8 Å². The van der Waals surface area contributed by atoms with Crippen molar-refractivity contribution in [2.24, 2.45) is 5.92 Å². The lowest BCUT2D eigenvalue weighted by Gasteiger charge is -2.32. The van der Waals surface area contributed by atoms with Crippen LogP contribution in [0.2, 0.25) is 0 Å². The molecule has 1 fully saturated rings. The van der Waals surface area contributed by atoms with Gasteiger partial charge in [0.15, 0.2) is 0 Å². The summed E-state index contributed by atoms with van der Waals surface area (Å²) in [6.07, 6.45) is 11.7. The number of aryl methyl sites for hydroxylation is 1. The van der Waals surface area contributed by atoms with E-state index in [1.165, 1.54) is 36.1 Å². The van der Waals surface area contributed by atoms with Gasteiger partial charge < -0.3 is 9.47 Å². The number of piperidine rings is 1. The fraction of sp³-hybridized carbons (Fsp3) is 0.632. The standard InChI is InChI=1S/C19H26N4OS/c1-2-3-14-4-5-17-15(10-14)11-18(25-17)19(24)22-8-6-16(7-9-22)23-12-20-21-13-23/h11-14,16H,2-10H2,1H3. The Balaban J connectivity index is 1.39. The molecular weight excluding hydrogens is 332 g/mol. The highest BCUT2D eigenvalue weighted by atomic mass is 32.1. The molecule has 2 aliphatic rings. The Kier molecular flexibility index (Phi) is 4.88. The molecule has 0 N–H and O–H groups in total. The third kappa shape index (κ3) is 3.50. The molecular formula is C19H26N4OS. The van der Waals surface area contributed by atoms with Gasteiger partial charge in [0.25, 0.3) is 5.91 Å². The Hall–Kier alpha value is -1.69. The molecule has 2 aromatic heterocycles. The van der Waals surface area contributed by atoms with E-state index in [9.17, 15) is 4.79 Å². The molecule has 0 radical (unpaired) electrons. The van der Waals surface area contributed by atoms with Crippen LogP contribution in [0.25, 0.3) is 0 Å². The van der Waals surface area contributed by atoms with E-state index in [0.717, 1.165) is 43.1 Å². The summed E-state index contributed by atoms with van der Waals surface area (Å²) in [6.45, 7) is 3.91. The summed E-state index contributed by atoms with van der Waals surface area (Å²) in [5.41, 5.74) is 1.44. The van der Waals surface area contributed by atoms with Crippen LogP contribution in [0.5, 0.6) is 0 Å². The van der Waals surface area contributed by atoms with Crippen molar-refractivity contribution in [3.8, 4) is 0 Å². The number of thiophene rings is 1. The Morgan fingerprint density at radius 1 is 1.24 bits per heavy atom. The van der Waals surface area contributed by atoms with E-state index in [1.807, 2.05) is 4.90 Å². The van der Waals surface area contributed by atoms with Crippen molar-refractivity contribution in [2.45, 2.75) is 57.9 Å². The zero-order chi connectivity index (χ0) is 17.2. The van der Waals surface area contributed by atoms with Crippen molar-refractivity contribution in [3.05, 3.63) is 34.0 Å². The number of aromatic nitrogens is 3. The average molecular weight is 359 g/mol. The molecule has 25 heavy (non-hydrogen) atoms. The third-order valence-electron chi connectivity index (χ3n) is 5.70. The molecule has 6 heteroatoms. The Morgan fingerprint density at radius 2 is 2.00 bits per heavy atom. The SMILES string of the molecule is CCCC1CCc2sc(C(=O)N3CCC(n4cnnc4)CC3)cc2C1. The van der Waals surface area contributed by atoms with Gasteiger partial charge in [-0.25, -0.2) is 0 Å². The lowest BCUT2D eigenvalue weighted by molar-refractivity contribution is 0.0699. The summed E-state index contributed by atoms with van der Waals surface area (Å²) in [6, 6.07) is 2.61. The number of fused-ring (bicyclic) bond motifs is 1. The highest BCUT2D eigenvalue weighted by Gasteiger charge is 2.28. The Bertz CT molecular complexity index is 716. The van der Waals surface area contributed by atoms with Gasteiger partial charge in [-0.05, 0) is 49.7 Å². The second-order valence-corrected chi connectivity index (χ2v) is 8.53. The van der Waals surface area contributed by atoms with Crippen LogP contribution in [-0.4, -0.2) is 38.7 Å². The van der Waals surface area contributed by atoms with E-state index in [4.69, 9.17) is 0 Å². The molecule has 0 saturated carbocycles. The van der Waals surface area contributed by atoms with E-state index in [-0.39, 0.29) is 5.91 Å². The fourth-order valence-corrected chi connectivity index (χ4v) is 5.46. The predicted molar refractivity (Wildman–Crippen MR) is 98.9 cm³/mol. The van der Waals surface area contributed by atoms with Crippen LogP contribution in [0.1, 0.15) is 65.2 Å². The quantitative estimate of drug-likeness (QED) is 0.837. The first-order chi connectivity index (χ1) is 12.2. The highest BCUT2D eigenvalue weighted by molar-refractivity contribution is 7.14. The smallest absolute Gasteiger partial charge is 0.263 e. The van der Waals surface area contributed by atoms with Crippen LogP contribution >= 0.6 is 11.3 Å². The first kappa shape index (κ1) is 16.8. The van der Waals surface area contributed by atoms with E-state index in [0.29, 0.717) is 6.04 Å². The molecule has 0 bridgehead atoms. The number of carbonyl (C=O) groups is 1. The molecule has 4 rings (SSSR count). The molecule has 1 atom stereocenters. The largest absolute Gasteiger partial charge is 0.338 e. The molecule has 2 aromatic rings. The van der Waals surface area contributed by atoms with E-state index in [2.05, 4.69) is 27.8 Å². The normalized spacial score (nSPS) is 21.3. The van der Waals surface area contributed by atoms with Gasteiger partial charge in [0, 0.05) is 24.0 Å². The summed E-state index contributed by atoms with van der Waals surface area (Å²) in [7, 11) is 0. The topological polar surface area (TPSA) is 51.0 Å². The first-order valence-electron chi connectivity index (χ1n) is 9.49. The fourth-order valence-electron chi connectivity index (χ4n) is 4.28. The number of nitrogens with zero attached hydrogens (tertiary/aromatic N) is 4. The molecule has 1 amide bonds. The van der Waals surface area contributed by atoms with Crippen molar-refractivity contribution in [3.63, 3.8) is 0 Å². The predicted octanol–water partition coefficient (Wildman–Crippen LogP) is 3.72. The summed E-state index contributed by atoms with van der Waals surface area (Å²) in [5, 5.41) is 7.78. The van der Waals surface area contributed by atoms with E-state index >= 15 is 0 Å². The molecule has 1 saturated heterocycles. The maximum Gasteiger partial charge on any atom is 0.263 e. The number of hydrogen-bond donors (Lipinski definition) is 0. The Labute approximate surface area is 153 Å². The Morgan fingerprint density at radius 3 is 2.72 bits per heavy atom. The lowest BCUT2D eigenvalue weighted by Crippen LogP contribution is -2.38. The van der Waals surface area contributed by atoms with Gasteiger partial charge in [-0.3, -0.25) is 4.79 Å². The van der Waals surface area contributed by atoms with Gasteiger partial charge >= 0.3 is 0 Å². The zero-order valence-electron chi connectivity index (χ0n) is 14.9. The molecule has 3 heterocycles. The maximum absolute atomic E-state index is 12.9. The minimum absolute atomic E-state index is 0.230. The number of carbonyl (C=O) groups excluding carboxylic acids is 1. The summed E-state index contributed by atoms with van der Waals surface area (Å²) < 4.78 is 2.07. The molecule has 1 unspecified atom stereocenters. The maximum atomic E-state index is 12.9. The monoisotopic (exact) mass is 358 g/mol. The van der Waals surface area contributed by atoms with Crippen LogP contribution in [0.3, 0.4) is 0 Å². The van der Waals surface area contributed by atoms with Gasteiger partial charge in [-0.2, -0.15) is 0 Å². The van der Waals surface area contributed by atoms with Crippen LogP contribution in [0.4, 0.5) is 0 Å². The first-order valence-corrected chi connectivity index (χ1v) is 10.3. The van der Waals surface area contributed by atoms with Gasteiger partial charge in [-0.15, -0.1) is 21.5 Å². The van der Waals surface area contributed by atoms with Gasteiger partial charge in [0.05, 0.1) is 4.88 Å². The van der Waals surface area contributed by atoms with Gasteiger partial charge in [-0.1, -0.05) is 19.8 Å². The molecule has 134 valence electrons. The van der Waals surface area contributed by atoms with Crippen molar-refractivity contribution < 1.29 is 4.79 Å². The molecule has 5 nitrogen and oxygen atoms in total. The second kappa shape index (κ2) is 7.28. The van der Waals surface area contributed by atoms with Crippen LogP contribution in [0, 0.1) is 5.92 Å². The second-order valence-electron chi connectivity index (χ2n) is 7.39. The summed E-state index contributed by atoms with van der Waals surface area (Å²) >= 11 is 1.74. The van der Waals surface area contributed by atoms with Crippen molar-refractivity contribution in [1.29, 1.82) is 0 Å². The van der Waals surface area contributed by atoms with Crippen LogP contribution < -0.4 is 0 Å². The molecule has 1 aliphatic carbocycles. The number of amides is 1. The number of hydrogen-bond acceptors (Lipinski definition) is 4. The molecule has 0 aromatic carbocycles. The van der Waals surface area contributed by atoms with E-state index < -0.39 is 0 Å². The number of likely N-dealkylation sites (tertiary alicyclic amines) is 1. The van der Waals surface area contributed by atoms with Crippen LogP contribution in [0.15, 0.2) is 18.7 Å². The third-order valence-corrected chi connectivity index (χ3v) is 6.93.